The monoisotopic (exact) mass is 124 g/mol. The van der Waals surface area contributed by atoms with Crippen LogP contribution in [0.1, 0.15) is 32.1 Å². The molecule has 1 aliphatic rings. The highest BCUT2D eigenvalue weighted by atomic mass is 16.3. The molecule has 9 heavy (non-hydrogen) atoms. The molecule has 1 rings (SSSR count). The summed E-state index contributed by atoms with van der Waals surface area (Å²) in [6, 6.07) is 0. The molecule has 0 aromatic rings. The van der Waals surface area contributed by atoms with Crippen LogP contribution in [0.4, 0.5) is 0 Å². The average Bonchev–Trinajstić information content (AvgIpc) is 1.79. The van der Waals surface area contributed by atoms with Gasteiger partial charge in [0.2, 0.25) is 0 Å². The van der Waals surface area contributed by atoms with E-state index in [0.717, 1.165) is 19.3 Å². The summed E-state index contributed by atoms with van der Waals surface area (Å²) in [7, 11) is 0. The first-order valence-electron chi connectivity index (χ1n) is 3.56. The lowest BCUT2D eigenvalue weighted by molar-refractivity contribution is 0.216. The van der Waals surface area contributed by atoms with Gasteiger partial charge in [0.1, 0.15) is 6.10 Å². The van der Waals surface area contributed by atoms with Gasteiger partial charge in [-0.1, -0.05) is 12.3 Å². The average molecular weight is 124 g/mol. The summed E-state index contributed by atoms with van der Waals surface area (Å²) in [6.07, 6.45) is 5.07. The second-order valence-corrected chi connectivity index (χ2v) is 2.44. The van der Waals surface area contributed by atoms with E-state index in [-0.39, 0.29) is 6.10 Å². The van der Waals surface area contributed by atoms with Crippen molar-refractivity contribution >= 4 is 0 Å². The zero-order chi connectivity index (χ0) is 6.53. The van der Waals surface area contributed by atoms with Crippen LogP contribution in [-0.2, 0) is 0 Å². The van der Waals surface area contributed by atoms with E-state index in [1.54, 1.807) is 0 Å². The normalized spacial score (nSPS) is 27.4. The molecule has 0 bridgehead atoms. The summed E-state index contributed by atoms with van der Waals surface area (Å²) in [5.74, 6) is 5.73. The SMILES string of the molecule is O[C@H]1C#CCCCCC1. The van der Waals surface area contributed by atoms with Crippen molar-refractivity contribution in [3.05, 3.63) is 0 Å². The third-order valence-electron chi connectivity index (χ3n) is 1.55. The second-order valence-electron chi connectivity index (χ2n) is 2.44. The molecule has 0 aliphatic heterocycles. The van der Waals surface area contributed by atoms with Crippen LogP contribution in [-0.4, -0.2) is 11.2 Å². The molecule has 50 valence electrons. The van der Waals surface area contributed by atoms with Crippen molar-refractivity contribution in [2.75, 3.05) is 0 Å². The van der Waals surface area contributed by atoms with Crippen molar-refractivity contribution in [1.82, 2.24) is 0 Å². The zero-order valence-corrected chi connectivity index (χ0v) is 5.56. The molecule has 1 nitrogen and oxygen atoms in total. The lowest BCUT2D eigenvalue weighted by Crippen LogP contribution is -2.03. The summed E-state index contributed by atoms with van der Waals surface area (Å²) in [6.45, 7) is 0. The van der Waals surface area contributed by atoms with Gasteiger partial charge in [-0.25, -0.2) is 0 Å². The van der Waals surface area contributed by atoms with Crippen LogP contribution in [0.2, 0.25) is 0 Å². The van der Waals surface area contributed by atoms with Crippen molar-refractivity contribution < 1.29 is 5.11 Å². The highest BCUT2D eigenvalue weighted by Crippen LogP contribution is 2.07. The molecule has 0 saturated carbocycles. The zero-order valence-electron chi connectivity index (χ0n) is 5.56. The quantitative estimate of drug-likeness (QED) is 0.483. The van der Waals surface area contributed by atoms with Crippen LogP contribution >= 0.6 is 0 Å². The predicted octanol–water partition coefficient (Wildman–Crippen LogP) is 1.31. The van der Waals surface area contributed by atoms with Gasteiger partial charge in [0, 0.05) is 6.42 Å². The first-order chi connectivity index (χ1) is 4.39. The molecular weight excluding hydrogens is 112 g/mol. The Labute approximate surface area is 56.1 Å². The number of hydrogen-bond donors (Lipinski definition) is 1. The van der Waals surface area contributed by atoms with Crippen LogP contribution in [0.15, 0.2) is 0 Å². The number of rotatable bonds is 0. The van der Waals surface area contributed by atoms with Gasteiger partial charge in [-0.3, -0.25) is 0 Å². The molecule has 0 radical (unpaired) electrons. The fourth-order valence-corrected chi connectivity index (χ4v) is 0.990. The van der Waals surface area contributed by atoms with Gasteiger partial charge in [-0.05, 0) is 19.3 Å². The topological polar surface area (TPSA) is 20.2 Å². The molecule has 0 spiro atoms. The van der Waals surface area contributed by atoms with Crippen molar-refractivity contribution in [2.24, 2.45) is 0 Å². The smallest absolute Gasteiger partial charge is 0.114 e. The standard InChI is InChI=1S/C8H12O/c9-8-6-4-2-1-3-5-7-8/h8-9H,1-4,6H2/t8-/m1/s1. The molecular formula is C8H12O. The van der Waals surface area contributed by atoms with Gasteiger partial charge in [0.05, 0.1) is 0 Å². The second kappa shape index (κ2) is 3.53. The molecule has 1 N–H and O–H groups in total. The first-order valence-corrected chi connectivity index (χ1v) is 3.56. The van der Waals surface area contributed by atoms with Crippen LogP contribution in [0.25, 0.3) is 0 Å². The lowest BCUT2D eigenvalue weighted by Gasteiger charge is -2.04. The summed E-state index contributed by atoms with van der Waals surface area (Å²) >= 11 is 0. The van der Waals surface area contributed by atoms with E-state index >= 15 is 0 Å². The van der Waals surface area contributed by atoms with E-state index in [1.165, 1.54) is 12.8 Å². The Morgan fingerprint density at radius 3 is 3.00 bits per heavy atom. The Bertz CT molecular complexity index is 129. The van der Waals surface area contributed by atoms with Gasteiger partial charge < -0.3 is 5.11 Å². The third-order valence-corrected chi connectivity index (χ3v) is 1.55. The molecule has 1 heteroatoms. The van der Waals surface area contributed by atoms with E-state index < -0.39 is 0 Å². The minimum Gasteiger partial charge on any atom is -0.380 e. The van der Waals surface area contributed by atoms with Crippen LogP contribution in [0, 0.1) is 11.8 Å². The Hall–Kier alpha value is -0.480. The highest BCUT2D eigenvalue weighted by Gasteiger charge is 1.99. The molecule has 0 heterocycles. The van der Waals surface area contributed by atoms with E-state index in [9.17, 15) is 0 Å². The van der Waals surface area contributed by atoms with Gasteiger partial charge in [0.15, 0.2) is 0 Å². The molecule has 0 unspecified atom stereocenters. The molecule has 0 fully saturated rings. The maximum absolute atomic E-state index is 9.04. The fraction of sp³-hybridized carbons (Fsp3) is 0.750. The maximum Gasteiger partial charge on any atom is 0.114 e. The number of aliphatic hydroxyl groups is 1. The molecule has 0 aromatic carbocycles. The molecule has 1 atom stereocenters. The predicted molar refractivity (Wildman–Crippen MR) is 36.9 cm³/mol. The van der Waals surface area contributed by atoms with Crippen LogP contribution in [0.3, 0.4) is 0 Å². The van der Waals surface area contributed by atoms with E-state index in [1.807, 2.05) is 0 Å². The summed E-state index contributed by atoms with van der Waals surface area (Å²) in [4.78, 5) is 0. The molecule has 0 saturated heterocycles. The Kier molecular flexibility index (Phi) is 2.60. The van der Waals surface area contributed by atoms with E-state index in [2.05, 4.69) is 11.8 Å². The van der Waals surface area contributed by atoms with Gasteiger partial charge >= 0.3 is 0 Å². The Morgan fingerprint density at radius 2 is 2.11 bits per heavy atom. The van der Waals surface area contributed by atoms with Gasteiger partial charge in [-0.2, -0.15) is 0 Å². The number of hydrogen-bond acceptors (Lipinski definition) is 1. The van der Waals surface area contributed by atoms with Gasteiger partial charge in [-0.15, -0.1) is 5.92 Å². The summed E-state index contributed by atoms with van der Waals surface area (Å²) in [5.41, 5.74) is 0. The molecule has 0 aromatic heterocycles. The summed E-state index contributed by atoms with van der Waals surface area (Å²) in [5, 5.41) is 9.04. The van der Waals surface area contributed by atoms with Crippen molar-refractivity contribution in [3.8, 4) is 11.8 Å². The Morgan fingerprint density at radius 1 is 1.22 bits per heavy atom. The summed E-state index contributed by atoms with van der Waals surface area (Å²) < 4.78 is 0. The van der Waals surface area contributed by atoms with E-state index in [0.29, 0.717) is 0 Å². The van der Waals surface area contributed by atoms with Gasteiger partial charge in [0.25, 0.3) is 0 Å². The first kappa shape index (κ1) is 6.64. The van der Waals surface area contributed by atoms with E-state index in [4.69, 9.17) is 5.11 Å². The largest absolute Gasteiger partial charge is 0.380 e. The molecule has 1 aliphatic carbocycles. The Balaban J connectivity index is 2.37. The molecule has 0 amide bonds. The van der Waals surface area contributed by atoms with Crippen molar-refractivity contribution in [2.45, 2.75) is 38.2 Å². The highest BCUT2D eigenvalue weighted by molar-refractivity contribution is 5.05. The van der Waals surface area contributed by atoms with Crippen LogP contribution in [0.5, 0.6) is 0 Å². The fourth-order valence-electron chi connectivity index (χ4n) is 0.990. The minimum atomic E-state index is -0.342. The lowest BCUT2D eigenvalue weighted by atomic mass is 10.1. The number of aliphatic hydroxyl groups excluding tert-OH is 1. The van der Waals surface area contributed by atoms with Crippen LogP contribution < -0.4 is 0 Å². The van der Waals surface area contributed by atoms with Crippen molar-refractivity contribution in [3.63, 3.8) is 0 Å². The maximum atomic E-state index is 9.04. The minimum absolute atomic E-state index is 0.342. The third kappa shape index (κ3) is 2.53. The van der Waals surface area contributed by atoms with Crippen molar-refractivity contribution in [1.29, 1.82) is 0 Å².